The van der Waals surface area contributed by atoms with Gasteiger partial charge in [-0.15, -0.1) is 0 Å². The van der Waals surface area contributed by atoms with Crippen molar-refractivity contribution in [1.29, 1.82) is 0 Å². The lowest BCUT2D eigenvalue weighted by atomic mass is 9.65. The number of aromatic nitrogens is 2. The monoisotopic (exact) mass is 645 g/mol. The number of carbonyl (C=O) groups excluding carboxylic acids is 3. The van der Waals surface area contributed by atoms with Crippen LogP contribution in [0.5, 0.6) is 0 Å². The predicted molar refractivity (Wildman–Crippen MR) is 176 cm³/mol. The van der Waals surface area contributed by atoms with Gasteiger partial charge in [0.05, 0.1) is 22.5 Å². The van der Waals surface area contributed by atoms with Crippen molar-refractivity contribution < 1.29 is 19.1 Å². The zero-order valence-corrected chi connectivity index (χ0v) is 27.6. The minimum absolute atomic E-state index is 0.0430. The Morgan fingerprint density at radius 2 is 1.78 bits per heavy atom. The van der Waals surface area contributed by atoms with Crippen LogP contribution in [0.1, 0.15) is 94.6 Å². The van der Waals surface area contributed by atoms with E-state index >= 15 is 0 Å². The van der Waals surface area contributed by atoms with Crippen molar-refractivity contribution in [3.63, 3.8) is 0 Å². The van der Waals surface area contributed by atoms with Gasteiger partial charge in [0.2, 0.25) is 17.7 Å². The van der Waals surface area contributed by atoms with Crippen LogP contribution in [-0.4, -0.2) is 53.5 Å². The Morgan fingerprint density at radius 3 is 2.43 bits per heavy atom. The van der Waals surface area contributed by atoms with E-state index in [1.54, 1.807) is 0 Å². The molecule has 0 unspecified atom stereocenters. The second-order valence-electron chi connectivity index (χ2n) is 14.7. The van der Waals surface area contributed by atoms with Gasteiger partial charge in [-0.25, -0.2) is 4.98 Å². The number of ether oxygens (including phenoxy) is 1. The van der Waals surface area contributed by atoms with Gasteiger partial charge >= 0.3 is 0 Å². The van der Waals surface area contributed by atoms with Gasteiger partial charge in [-0.3, -0.25) is 14.4 Å². The van der Waals surface area contributed by atoms with E-state index in [1.807, 2.05) is 50.2 Å². The van der Waals surface area contributed by atoms with Crippen molar-refractivity contribution in [1.82, 2.24) is 25.9 Å². The number of hydrogen-bond donors (Lipinski definition) is 4. The average molecular weight is 646 g/mol. The topological polar surface area (TPSA) is 125 Å². The van der Waals surface area contributed by atoms with Gasteiger partial charge in [0.1, 0.15) is 11.9 Å². The molecule has 0 bridgehead atoms. The summed E-state index contributed by atoms with van der Waals surface area (Å²) in [5.74, 6) is 0.115. The number of aromatic amines is 1. The third-order valence-corrected chi connectivity index (χ3v) is 11.8. The Bertz CT molecular complexity index is 1670. The zero-order valence-electron chi connectivity index (χ0n) is 26.9. The van der Waals surface area contributed by atoms with Crippen molar-refractivity contribution in [2.75, 3.05) is 19.8 Å². The van der Waals surface area contributed by atoms with Crippen molar-refractivity contribution in [3.8, 4) is 0 Å². The van der Waals surface area contributed by atoms with E-state index in [4.69, 9.17) is 21.3 Å². The predicted octanol–water partition coefficient (Wildman–Crippen LogP) is 5.45. The number of imidazole rings is 1. The van der Waals surface area contributed by atoms with Gasteiger partial charge in [0.15, 0.2) is 0 Å². The molecular weight excluding hydrogens is 602 g/mol. The molecule has 3 aromatic rings. The number of nitrogens with zero attached hydrogens (tertiary/aromatic N) is 1. The number of fused-ring (bicyclic) bond motifs is 1. The van der Waals surface area contributed by atoms with Crippen LogP contribution in [0.3, 0.4) is 0 Å². The van der Waals surface area contributed by atoms with Crippen LogP contribution in [-0.2, 0) is 24.5 Å². The summed E-state index contributed by atoms with van der Waals surface area (Å²) in [6, 6.07) is 12.9. The summed E-state index contributed by atoms with van der Waals surface area (Å²) in [5, 5.41) is 10.2. The molecule has 3 heterocycles. The number of halogens is 1. The Labute approximate surface area is 275 Å². The summed E-state index contributed by atoms with van der Waals surface area (Å²) in [4.78, 5) is 49.0. The van der Waals surface area contributed by atoms with Gasteiger partial charge < -0.3 is 25.7 Å². The lowest BCUT2D eigenvalue weighted by Gasteiger charge is -2.43. The first kappa shape index (κ1) is 31.2. The molecule has 244 valence electrons. The molecule has 3 amide bonds. The van der Waals surface area contributed by atoms with Gasteiger partial charge in [-0.1, -0.05) is 63.1 Å². The summed E-state index contributed by atoms with van der Waals surface area (Å²) < 4.78 is 5.73. The lowest BCUT2D eigenvalue weighted by molar-refractivity contribution is -0.136. The highest BCUT2D eigenvalue weighted by Gasteiger charge is 2.55. The molecule has 2 aromatic carbocycles. The van der Waals surface area contributed by atoms with Gasteiger partial charge in [0, 0.05) is 42.0 Å². The third kappa shape index (κ3) is 5.29. The van der Waals surface area contributed by atoms with Gasteiger partial charge in [-0.05, 0) is 73.3 Å². The number of nitrogens with one attached hydrogen (secondary N) is 4. The van der Waals surface area contributed by atoms with E-state index in [0.717, 1.165) is 54.3 Å². The first-order valence-corrected chi connectivity index (χ1v) is 17.1. The number of hydrogen-bond acceptors (Lipinski definition) is 5. The fourth-order valence-corrected chi connectivity index (χ4v) is 8.25. The average Bonchev–Trinajstić information content (AvgIpc) is 3.47. The van der Waals surface area contributed by atoms with Crippen molar-refractivity contribution in [2.45, 2.75) is 89.1 Å². The summed E-state index contributed by atoms with van der Waals surface area (Å²) in [7, 11) is 0. The number of benzene rings is 2. The van der Waals surface area contributed by atoms with Crippen LogP contribution in [0.4, 0.5) is 0 Å². The molecule has 4 aliphatic rings. The normalized spacial score (nSPS) is 23.8. The molecule has 4 N–H and O–H groups in total. The first-order valence-electron chi connectivity index (χ1n) is 16.8. The zero-order chi connectivity index (χ0) is 32.3. The van der Waals surface area contributed by atoms with E-state index in [0.29, 0.717) is 43.4 Å². The quantitative estimate of drug-likeness (QED) is 0.246. The molecule has 0 radical (unpaired) electrons. The first-order chi connectivity index (χ1) is 22.1. The molecule has 1 spiro atoms. The van der Waals surface area contributed by atoms with E-state index in [2.05, 4.69) is 33.9 Å². The molecule has 2 saturated carbocycles. The molecule has 1 aromatic heterocycles. The standard InChI is InChI=1S/C36H44ClN5O4/c1-21(2)31(43)41-28(27(34(3)13-14-34)23-7-4-5-8-24(23)37)30-39-25-10-9-22(19-26(25)40-30)36(15-17-46-18-16-36)33(45)42-29-32(44)38-20-35(29)11-6-12-35/h4-5,7-10,19,21,27-29H,6,11-18,20H2,1-3H3,(H,38,44)(H,39,40)(H,41,43)(H,42,45)/t27-,28-,29-/m0/s1. The Kier molecular flexibility index (Phi) is 7.91. The maximum atomic E-state index is 14.2. The van der Waals surface area contributed by atoms with Crippen LogP contribution in [0.25, 0.3) is 11.0 Å². The molecule has 7 rings (SSSR count). The van der Waals surface area contributed by atoms with Crippen LogP contribution >= 0.6 is 11.6 Å². The number of rotatable bonds is 9. The molecule has 46 heavy (non-hydrogen) atoms. The van der Waals surface area contributed by atoms with E-state index in [1.165, 1.54) is 0 Å². The van der Waals surface area contributed by atoms with Crippen molar-refractivity contribution in [3.05, 3.63) is 64.4 Å². The molecular formula is C36H44ClN5O4. The molecule has 2 aliphatic carbocycles. The number of H-pyrrole nitrogens is 1. The third-order valence-electron chi connectivity index (χ3n) is 11.4. The molecule has 4 fully saturated rings. The Balaban J connectivity index is 1.26. The van der Waals surface area contributed by atoms with E-state index in [-0.39, 0.29) is 40.4 Å². The maximum Gasteiger partial charge on any atom is 0.243 e. The summed E-state index contributed by atoms with van der Waals surface area (Å²) >= 11 is 6.80. The summed E-state index contributed by atoms with van der Waals surface area (Å²) in [5.41, 5.74) is 2.37. The fourth-order valence-electron chi connectivity index (χ4n) is 7.99. The fraction of sp³-hybridized carbons (Fsp3) is 0.556. The van der Waals surface area contributed by atoms with Crippen LogP contribution in [0, 0.1) is 16.7 Å². The van der Waals surface area contributed by atoms with Crippen molar-refractivity contribution in [2.24, 2.45) is 16.7 Å². The maximum absolute atomic E-state index is 14.2. The van der Waals surface area contributed by atoms with Crippen LogP contribution < -0.4 is 16.0 Å². The Hall–Kier alpha value is -3.43. The largest absolute Gasteiger partial charge is 0.381 e. The number of carbonyl (C=O) groups is 3. The highest BCUT2D eigenvalue weighted by atomic mass is 35.5. The van der Waals surface area contributed by atoms with E-state index in [9.17, 15) is 14.4 Å². The Morgan fingerprint density at radius 1 is 1.04 bits per heavy atom. The van der Waals surface area contributed by atoms with E-state index < -0.39 is 17.5 Å². The molecule has 2 saturated heterocycles. The van der Waals surface area contributed by atoms with Crippen LogP contribution in [0.2, 0.25) is 5.02 Å². The smallest absolute Gasteiger partial charge is 0.243 e. The number of amides is 3. The van der Waals surface area contributed by atoms with Crippen LogP contribution in [0.15, 0.2) is 42.5 Å². The van der Waals surface area contributed by atoms with Crippen molar-refractivity contribution >= 4 is 40.4 Å². The van der Waals surface area contributed by atoms with Gasteiger partial charge in [-0.2, -0.15) is 0 Å². The lowest BCUT2D eigenvalue weighted by Crippen LogP contribution is -2.57. The second-order valence-corrected chi connectivity index (χ2v) is 15.1. The molecule has 9 nitrogen and oxygen atoms in total. The highest BCUT2D eigenvalue weighted by molar-refractivity contribution is 6.31. The molecule has 3 atom stereocenters. The summed E-state index contributed by atoms with van der Waals surface area (Å²) in [6.45, 7) is 7.58. The molecule has 10 heteroatoms. The summed E-state index contributed by atoms with van der Waals surface area (Å²) in [6.07, 6.45) is 6.06. The second kappa shape index (κ2) is 11.7. The minimum atomic E-state index is -0.835. The van der Waals surface area contributed by atoms with Gasteiger partial charge in [0.25, 0.3) is 0 Å². The molecule has 2 aliphatic heterocycles. The highest BCUT2D eigenvalue weighted by Crippen LogP contribution is 2.60. The SMILES string of the molecule is CC(C)C(=O)N[C@H](c1nc2ccc(C3(C(=O)N[C@H]4C(=O)NCC45CCC5)CCOCC3)cc2[nH]1)[C@H](c1ccccc1Cl)C1(C)CC1. The minimum Gasteiger partial charge on any atom is -0.381 e.